The molecule has 2 rings (SSSR count). The minimum Gasteiger partial charge on any atom is -0.489 e. The van der Waals surface area contributed by atoms with Gasteiger partial charge < -0.3 is 4.74 Å². The largest absolute Gasteiger partial charge is 0.489 e. The maximum absolute atomic E-state index is 13.7. The Hall–Kier alpha value is -2.57. The number of nitrogens with zero attached hydrogens (tertiary/aromatic N) is 1. The number of allylic oxidation sites excluding steroid dienone is 1. The standard InChI is InChI=1S/C24H28FNO/c1-24(2,3)15-8-5-9-16-26(4)18-20-11-10-13-22(17-20)27-19-21-12-6-7-14-23(21)25/h5-7,9-14,17H,16,18-19H2,1-4H3. The third kappa shape index (κ3) is 8.11. The van der Waals surface area contributed by atoms with E-state index >= 15 is 0 Å². The van der Waals surface area contributed by atoms with E-state index < -0.39 is 0 Å². The van der Waals surface area contributed by atoms with Crippen molar-refractivity contribution in [2.24, 2.45) is 5.41 Å². The lowest BCUT2D eigenvalue weighted by Gasteiger charge is -2.15. The van der Waals surface area contributed by atoms with Gasteiger partial charge >= 0.3 is 0 Å². The first-order chi connectivity index (χ1) is 12.8. The zero-order chi connectivity index (χ0) is 19.7. The second-order valence-corrected chi connectivity index (χ2v) is 7.65. The van der Waals surface area contributed by atoms with E-state index in [1.54, 1.807) is 12.1 Å². The summed E-state index contributed by atoms with van der Waals surface area (Å²) in [6.45, 7) is 8.14. The first-order valence-corrected chi connectivity index (χ1v) is 9.15. The molecule has 0 spiro atoms. The average molecular weight is 365 g/mol. The second kappa shape index (κ2) is 9.94. The van der Waals surface area contributed by atoms with Gasteiger partial charge in [-0.2, -0.15) is 0 Å². The molecule has 0 saturated carbocycles. The fraction of sp³-hybridized carbons (Fsp3) is 0.333. The van der Waals surface area contributed by atoms with Crippen molar-refractivity contribution in [1.82, 2.24) is 4.90 Å². The molecule has 0 aliphatic rings. The van der Waals surface area contributed by atoms with E-state index in [9.17, 15) is 4.39 Å². The number of likely N-dealkylation sites (N-methyl/N-ethyl adjacent to an activating group) is 1. The van der Waals surface area contributed by atoms with Crippen molar-refractivity contribution in [2.75, 3.05) is 13.6 Å². The van der Waals surface area contributed by atoms with Crippen LogP contribution in [0.5, 0.6) is 5.75 Å². The van der Waals surface area contributed by atoms with Gasteiger partial charge in [0, 0.05) is 24.1 Å². The summed E-state index contributed by atoms with van der Waals surface area (Å²) < 4.78 is 19.4. The van der Waals surface area contributed by atoms with Crippen LogP contribution in [0.15, 0.2) is 60.7 Å². The summed E-state index contributed by atoms with van der Waals surface area (Å²) in [6.07, 6.45) is 3.98. The molecule has 2 aromatic rings. The van der Waals surface area contributed by atoms with Gasteiger partial charge in [0.1, 0.15) is 18.2 Å². The van der Waals surface area contributed by atoms with Crippen LogP contribution in [0.3, 0.4) is 0 Å². The number of ether oxygens (including phenoxy) is 1. The van der Waals surface area contributed by atoms with E-state index in [4.69, 9.17) is 4.74 Å². The van der Waals surface area contributed by atoms with Gasteiger partial charge in [-0.15, -0.1) is 0 Å². The fourth-order valence-corrected chi connectivity index (χ4v) is 2.44. The lowest BCUT2D eigenvalue weighted by atomic mass is 9.98. The van der Waals surface area contributed by atoms with E-state index in [-0.39, 0.29) is 17.8 Å². The van der Waals surface area contributed by atoms with Crippen molar-refractivity contribution < 1.29 is 9.13 Å². The molecule has 0 fully saturated rings. The summed E-state index contributed by atoms with van der Waals surface area (Å²) in [5.41, 5.74) is 1.73. The lowest BCUT2D eigenvalue weighted by molar-refractivity contribution is 0.298. The van der Waals surface area contributed by atoms with E-state index in [1.807, 2.05) is 30.3 Å². The highest BCUT2D eigenvalue weighted by Crippen LogP contribution is 2.17. The molecule has 2 aromatic carbocycles. The van der Waals surface area contributed by atoms with Crippen LogP contribution >= 0.6 is 0 Å². The summed E-state index contributed by atoms with van der Waals surface area (Å²) in [5, 5.41) is 0. The Morgan fingerprint density at radius 1 is 1.11 bits per heavy atom. The highest BCUT2D eigenvalue weighted by atomic mass is 19.1. The Kier molecular flexibility index (Phi) is 7.64. The smallest absolute Gasteiger partial charge is 0.129 e. The Morgan fingerprint density at radius 3 is 2.63 bits per heavy atom. The van der Waals surface area contributed by atoms with Gasteiger partial charge in [0.2, 0.25) is 0 Å². The second-order valence-electron chi connectivity index (χ2n) is 7.65. The highest BCUT2D eigenvalue weighted by molar-refractivity contribution is 5.29. The molecule has 27 heavy (non-hydrogen) atoms. The van der Waals surface area contributed by atoms with Crippen LogP contribution in [0.1, 0.15) is 31.9 Å². The van der Waals surface area contributed by atoms with Crippen LogP contribution < -0.4 is 4.74 Å². The molecule has 0 radical (unpaired) electrons. The molecule has 0 aliphatic heterocycles. The quantitative estimate of drug-likeness (QED) is 0.606. The van der Waals surface area contributed by atoms with Crippen molar-refractivity contribution >= 4 is 0 Å². The van der Waals surface area contributed by atoms with Crippen molar-refractivity contribution in [3.63, 3.8) is 0 Å². The van der Waals surface area contributed by atoms with Gasteiger partial charge in [-0.3, -0.25) is 4.90 Å². The molecule has 0 unspecified atom stereocenters. The summed E-state index contributed by atoms with van der Waals surface area (Å²) >= 11 is 0. The van der Waals surface area contributed by atoms with E-state index in [0.29, 0.717) is 5.56 Å². The number of rotatable bonds is 7. The van der Waals surface area contributed by atoms with Gasteiger partial charge in [-0.25, -0.2) is 4.39 Å². The van der Waals surface area contributed by atoms with E-state index in [2.05, 4.69) is 56.7 Å². The van der Waals surface area contributed by atoms with Gasteiger partial charge in [-0.05, 0) is 57.7 Å². The molecule has 0 N–H and O–H groups in total. The maximum atomic E-state index is 13.7. The molecule has 0 aliphatic carbocycles. The van der Waals surface area contributed by atoms with Crippen molar-refractivity contribution in [2.45, 2.75) is 33.9 Å². The molecule has 0 atom stereocenters. The van der Waals surface area contributed by atoms with Crippen LogP contribution in [-0.4, -0.2) is 18.5 Å². The topological polar surface area (TPSA) is 12.5 Å². The lowest BCUT2D eigenvalue weighted by Crippen LogP contribution is -2.17. The van der Waals surface area contributed by atoms with Crippen molar-refractivity contribution in [3.05, 3.63) is 77.6 Å². The normalized spacial score (nSPS) is 11.5. The summed E-state index contributed by atoms with van der Waals surface area (Å²) in [4.78, 5) is 2.20. The SMILES string of the molecule is CN(CC=CC#CC(C)(C)C)Cc1cccc(OCc2ccccc2F)c1. The molecular weight excluding hydrogens is 337 g/mol. The van der Waals surface area contributed by atoms with Gasteiger partial charge in [0.05, 0.1) is 0 Å². The first-order valence-electron chi connectivity index (χ1n) is 9.15. The third-order valence-electron chi connectivity index (χ3n) is 3.77. The predicted molar refractivity (Wildman–Crippen MR) is 110 cm³/mol. The molecule has 0 aromatic heterocycles. The number of hydrogen-bond donors (Lipinski definition) is 0. The van der Waals surface area contributed by atoms with Gasteiger partial charge in [0.25, 0.3) is 0 Å². The first kappa shape index (κ1) is 20.7. The highest BCUT2D eigenvalue weighted by Gasteiger charge is 2.04. The predicted octanol–water partition coefficient (Wildman–Crippen LogP) is 5.44. The molecule has 3 heteroatoms. The molecule has 0 bridgehead atoms. The number of halogens is 1. The molecule has 142 valence electrons. The fourth-order valence-electron chi connectivity index (χ4n) is 2.44. The van der Waals surface area contributed by atoms with Crippen molar-refractivity contribution in [1.29, 1.82) is 0 Å². The molecule has 0 amide bonds. The Labute approximate surface area is 162 Å². The van der Waals surface area contributed by atoms with E-state index in [0.717, 1.165) is 24.4 Å². The number of benzene rings is 2. The van der Waals surface area contributed by atoms with Crippen LogP contribution in [0.25, 0.3) is 0 Å². The van der Waals surface area contributed by atoms with Crippen LogP contribution in [0, 0.1) is 23.1 Å². The van der Waals surface area contributed by atoms with Crippen LogP contribution in [0.4, 0.5) is 4.39 Å². The van der Waals surface area contributed by atoms with Gasteiger partial charge in [-0.1, -0.05) is 48.2 Å². The molecular formula is C24H28FNO. The monoisotopic (exact) mass is 365 g/mol. The summed E-state index contributed by atoms with van der Waals surface area (Å²) in [6, 6.07) is 14.6. The molecule has 2 nitrogen and oxygen atoms in total. The average Bonchev–Trinajstić information content (AvgIpc) is 2.60. The number of hydrogen-bond acceptors (Lipinski definition) is 2. The van der Waals surface area contributed by atoms with Gasteiger partial charge in [0.15, 0.2) is 0 Å². The zero-order valence-corrected chi connectivity index (χ0v) is 16.6. The van der Waals surface area contributed by atoms with Crippen molar-refractivity contribution in [3.8, 4) is 17.6 Å². The maximum Gasteiger partial charge on any atom is 0.129 e. The third-order valence-corrected chi connectivity index (χ3v) is 3.77. The Balaban J connectivity index is 1.86. The van der Waals surface area contributed by atoms with Crippen LogP contribution in [0.2, 0.25) is 0 Å². The Morgan fingerprint density at radius 2 is 1.89 bits per heavy atom. The molecule has 0 saturated heterocycles. The summed E-state index contributed by atoms with van der Waals surface area (Å²) in [5.74, 6) is 6.77. The Bertz CT molecular complexity index is 824. The zero-order valence-electron chi connectivity index (χ0n) is 16.6. The van der Waals surface area contributed by atoms with Crippen LogP contribution in [-0.2, 0) is 13.2 Å². The minimum atomic E-state index is -0.241. The summed E-state index contributed by atoms with van der Waals surface area (Å²) in [7, 11) is 2.06. The minimum absolute atomic E-state index is 0.0271. The van der Waals surface area contributed by atoms with E-state index in [1.165, 1.54) is 6.07 Å². The molecule has 0 heterocycles.